The number of carbonyl (C=O) groups is 3. The van der Waals surface area contributed by atoms with Gasteiger partial charge in [-0.2, -0.15) is 0 Å². The van der Waals surface area contributed by atoms with Gasteiger partial charge in [0.15, 0.2) is 0 Å². The van der Waals surface area contributed by atoms with Gasteiger partial charge in [-0.05, 0) is 88.8 Å². The first-order valence-electron chi connectivity index (χ1n) is 16.7. The van der Waals surface area contributed by atoms with Gasteiger partial charge in [0.1, 0.15) is 35.6 Å². The predicted octanol–water partition coefficient (Wildman–Crippen LogP) is 6.65. The number of nitrogens with one attached hydrogen (secondary N) is 1. The SMILES string of the molecule is C[C@@H]1[C@@H]2CN(C(=O)[C@H](C(C)(C)C)NC(=O)O[C@@H]3CCC[C@H]3CCCCCc3nc4ccc(Cl)cc4nc3O2)[C@@H]1C(=O)OC(C)(C)C. The summed E-state index contributed by atoms with van der Waals surface area (Å²) in [6.45, 7) is 13.0. The minimum Gasteiger partial charge on any atom is -0.471 e. The average molecular weight is 657 g/mol. The zero-order valence-corrected chi connectivity index (χ0v) is 29.0. The maximum atomic E-state index is 14.4. The van der Waals surface area contributed by atoms with Gasteiger partial charge in [-0.15, -0.1) is 0 Å². The van der Waals surface area contributed by atoms with Crippen molar-refractivity contribution in [3.05, 3.63) is 28.9 Å². The number of carbonyl (C=O) groups excluding carboxylic acids is 3. The van der Waals surface area contributed by atoms with E-state index in [0.29, 0.717) is 22.8 Å². The fourth-order valence-corrected chi connectivity index (χ4v) is 7.12. The maximum absolute atomic E-state index is 14.4. The number of halogens is 1. The molecule has 0 radical (unpaired) electrons. The highest BCUT2D eigenvalue weighted by Gasteiger charge is 2.51. The molecule has 2 aliphatic heterocycles. The lowest BCUT2D eigenvalue weighted by molar-refractivity contribution is -0.165. The Balaban J connectivity index is 1.55. The summed E-state index contributed by atoms with van der Waals surface area (Å²) < 4.78 is 18.4. The number of alkyl carbamates (subject to hydrolysis) is 1. The normalized spacial score (nSPS) is 28.3. The van der Waals surface area contributed by atoms with Crippen molar-refractivity contribution in [1.29, 1.82) is 0 Å². The number of hydrogen-bond donors (Lipinski definition) is 1. The fourth-order valence-electron chi connectivity index (χ4n) is 6.95. The molecule has 5 rings (SSSR count). The molecular weight excluding hydrogens is 608 g/mol. The number of esters is 1. The molecule has 3 aliphatic rings. The molecule has 1 aromatic carbocycles. The first-order valence-corrected chi connectivity index (χ1v) is 17.1. The summed E-state index contributed by atoms with van der Waals surface area (Å²) in [5, 5.41) is 3.43. The Morgan fingerprint density at radius 2 is 1.70 bits per heavy atom. The minimum atomic E-state index is -0.951. The van der Waals surface area contributed by atoms with Gasteiger partial charge >= 0.3 is 12.1 Å². The predicted molar refractivity (Wildman–Crippen MR) is 176 cm³/mol. The van der Waals surface area contributed by atoms with Gasteiger partial charge in [-0.1, -0.05) is 52.1 Å². The molecule has 10 nitrogen and oxygen atoms in total. The van der Waals surface area contributed by atoms with Gasteiger partial charge in [0, 0.05) is 10.9 Å². The molecule has 1 saturated heterocycles. The Hall–Kier alpha value is -3.14. The van der Waals surface area contributed by atoms with Crippen molar-refractivity contribution in [3.8, 4) is 5.88 Å². The van der Waals surface area contributed by atoms with Crippen LogP contribution in [-0.2, 0) is 25.5 Å². The molecule has 6 atom stereocenters. The topological polar surface area (TPSA) is 120 Å². The number of aromatic nitrogens is 2. The summed E-state index contributed by atoms with van der Waals surface area (Å²) in [6.07, 6.45) is 5.99. The van der Waals surface area contributed by atoms with Gasteiger partial charge < -0.3 is 24.4 Å². The number of ether oxygens (including phenoxy) is 3. The zero-order chi connectivity index (χ0) is 33.4. The number of fused-ring (bicyclic) bond motifs is 5. The van der Waals surface area contributed by atoms with E-state index in [-0.39, 0.29) is 24.5 Å². The number of amides is 2. The summed E-state index contributed by atoms with van der Waals surface area (Å²) in [4.78, 5) is 52.8. The van der Waals surface area contributed by atoms with Crippen molar-refractivity contribution in [2.24, 2.45) is 17.3 Å². The minimum absolute atomic E-state index is 0.104. The average Bonchev–Trinajstić information content (AvgIpc) is 3.52. The lowest BCUT2D eigenvalue weighted by Gasteiger charge is -2.36. The molecule has 252 valence electrons. The highest BCUT2D eigenvalue weighted by atomic mass is 35.5. The van der Waals surface area contributed by atoms with Gasteiger partial charge in [-0.25, -0.2) is 19.6 Å². The summed E-state index contributed by atoms with van der Waals surface area (Å²) >= 11 is 6.30. The lowest BCUT2D eigenvalue weighted by atomic mass is 9.85. The molecule has 11 heteroatoms. The number of hydrogen-bond acceptors (Lipinski definition) is 8. The second-order valence-electron chi connectivity index (χ2n) is 15.3. The van der Waals surface area contributed by atoms with Crippen LogP contribution >= 0.6 is 11.6 Å². The van der Waals surface area contributed by atoms with E-state index in [0.717, 1.165) is 56.2 Å². The molecule has 46 heavy (non-hydrogen) atoms. The van der Waals surface area contributed by atoms with E-state index in [4.69, 9.17) is 35.8 Å². The van der Waals surface area contributed by atoms with E-state index < -0.39 is 47.2 Å². The number of nitrogens with zero attached hydrogens (tertiary/aromatic N) is 3. The molecule has 0 unspecified atom stereocenters. The second kappa shape index (κ2) is 13.5. The summed E-state index contributed by atoms with van der Waals surface area (Å²) in [5.41, 5.74) is 0.632. The van der Waals surface area contributed by atoms with Crippen LogP contribution in [0.15, 0.2) is 18.2 Å². The summed E-state index contributed by atoms with van der Waals surface area (Å²) in [5.74, 6) is -0.688. The van der Waals surface area contributed by atoms with Crippen molar-refractivity contribution in [2.75, 3.05) is 6.54 Å². The van der Waals surface area contributed by atoms with Crippen LogP contribution in [0.25, 0.3) is 11.0 Å². The highest BCUT2D eigenvalue weighted by molar-refractivity contribution is 6.31. The molecular formula is C35H49ClN4O6. The fraction of sp³-hybridized carbons (Fsp3) is 0.686. The first kappa shape index (κ1) is 34.2. The third kappa shape index (κ3) is 7.86. The second-order valence-corrected chi connectivity index (χ2v) is 15.7. The van der Waals surface area contributed by atoms with E-state index in [1.54, 1.807) is 32.9 Å². The number of benzene rings is 1. The van der Waals surface area contributed by atoms with Crippen LogP contribution < -0.4 is 10.1 Å². The van der Waals surface area contributed by atoms with Crippen molar-refractivity contribution in [2.45, 2.75) is 130 Å². The van der Waals surface area contributed by atoms with Crippen LogP contribution in [-0.4, -0.2) is 69.3 Å². The zero-order valence-electron chi connectivity index (χ0n) is 28.2. The highest BCUT2D eigenvalue weighted by Crippen LogP contribution is 2.36. The smallest absolute Gasteiger partial charge is 0.408 e. The van der Waals surface area contributed by atoms with Crippen molar-refractivity contribution < 1.29 is 28.6 Å². The maximum Gasteiger partial charge on any atom is 0.408 e. The van der Waals surface area contributed by atoms with E-state index in [1.165, 1.54) is 4.90 Å². The third-order valence-corrected chi connectivity index (χ3v) is 9.60. The Bertz CT molecular complexity index is 1450. The largest absolute Gasteiger partial charge is 0.471 e. The molecule has 0 spiro atoms. The molecule has 1 aliphatic carbocycles. The van der Waals surface area contributed by atoms with Crippen LogP contribution in [0.3, 0.4) is 0 Å². The van der Waals surface area contributed by atoms with E-state index in [9.17, 15) is 14.4 Å². The molecule has 2 fully saturated rings. The molecule has 3 heterocycles. The monoisotopic (exact) mass is 656 g/mol. The van der Waals surface area contributed by atoms with Crippen LogP contribution in [0.1, 0.15) is 99.1 Å². The summed E-state index contributed by atoms with van der Waals surface area (Å²) in [7, 11) is 0. The molecule has 2 bridgehead atoms. The number of rotatable bonds is 1. The van der Waals surface area contributed by atoms with Crippen LogP contribution in [0.2, 0.25) is 5.02 Å². The summed E-state index contributed by atoms with van der Waals surface area (Å²) in [6, 6.07) is 3.52. The van der Waals surface area contributed by atoms with Gasteiger partial charge in [0.05, 0.1) is 17.6 Å². The quantitative estimate of drug-likeness (QED) is 0.339. The number of aryl methyl sites for hydroxylation is 1. The van der Waals surface area contributed by atoms with E-state index in [2.05, 4.69) is 5.32 Å². The van der Waals surface area contributed by atoms with E-state index >= 15 is 0 Å². The van der Waals surface area contributed by atoms with Crippen molar-refractivity contribution in [3.63, 3.8) is 0 Å². The van der Waals surface area contributed by atoms with Gasteiger partial charge in [0.2, 0.25) is 11.8 Å². The van der Waals surface area contributed by atoms with Crippen molar-refractivity contribution in [1.82, 2.24) is 20.2 Å². The molecule has 1 aromatic heterocycles. The molecule has 1 N–H and O–H groups in total. The Kier molecular flexibility index (Phi) is 10.1. The molecule has 2 aromatic rings. The van der Waals surface area contributed by atoms with Crippen molar-refractivity contribution >= 4 is 40.6 Å². The third-order valence-electron chi connectivity index (χ3n) is 9.36. The van der Waals surface area contributed by atoms with Gasteiger partial charge in [-0.3, -0.25) is 4.79 Å². The Labute approximate surface area is 277 Å². The molecule has 2 amide bonds. The van der Waals surface area contributed by atoms with Crippen LogP contribution in [0.5, 0.6) is 5.88 Å². The molecule has 1 saturated carbocycles. The first-order chi connectivity index (χ1) is 21.6. The standard InChI is InChI=1S/C35H49ClN4O6/c1-20-27-19-40(28(20)32(42)46-35(5,6)7)31(41)29(34(2,3)4)39-33(43)45-26-15-11-13-21(26)12-9-8-10-14-24-30(44-27)38-25-18-22(36)16-17-23(25)37-24/h16-18,20-21,26-29H,8-15,19H2,1-7H3,(H,39,43)/t20-,21-,26-,27+,28+,29-/m1/s1. The Morgan fingerprint density at radius 3 is 2.41 bits per heavy atom. The Morgan fingerprint density at radius 1 is 0.957 bits per heavy atom. The van der Waals surface area contributed by atoms with Crippen LogP contribution in [0.4, 0.5) is 4.79 Å². The van der Waals surface area contributed by atoms with Crippen LogP contribution in [0, 0.1) is 17.3 Å². The lowest BCUT2D eigenvalue weighted by Crippen LogP contribution is -2.58. The van der Waals surface area contributed by atoms with E-state index in [1.807, 2.05) is 33.8 Å². The van der Waals surface area contributed by atoms with Gasteiger partial charge in [0.25, 0.3) is 0 Å².